The molecule has 0 aliphatic carbocycles. The summed E-state index contributed by atoms with van der Waals surface area (Å²) in [5.41, 5.74) is 0.409. The lowest BCUT2D eigenvalue weighted by atomic mass is 10.0. The smallest absolute Gasteiger partial charge is 0.274 e. The van der Waals surface area contributed by atoms with Crippen LogP contribution >= 0.6 is 23.2 Å². The lowest BCUT2D eigenvalue weighted by molar-refractivity contribution is -0.131. The zero-order valence-corrected chi connectivity index (χ0v) is 17.3. The molecule has 29 heavy (non-hydrogen) atoms. The number of aromatic amines is 1. The monoisotopic (exact) mass is 437 g/mol. The Morgan fingerprint density at radius 3 is 2.45 bits per heavy atom. The lowest BCUT2D eigenvalue weighted by Crippen LogP contribution is -2.46. The second-order valence-electron chi connectivity index (χ2n) is 6.68. The molecule has 1 aliphatic heterocycles. The summed E-state index contributed by atoms with van der Waals surface area (Å²) in [6, 6.07) is 4.68. The highest BCUT2D eigenvalue weighted by molar-refractivity contribution is 6.40. The first-order valence-corrected chi connectivity index (χ1v) is 10.0. The number of hydrogen-bond donors (Lipinski definition) is 3. The van der Waals surface area contributed by atoms with E-state index in [0.717, 1.165) is 0 Å². The first-order valence-electron chi connectivity index (χ1n) is 9.28. The standard InChI is InChI=1S/C19H21Cl2N5O3/c1-2-15(27)26-8-6-11(7-9-26)23-19(29)17-14(10-22-25-17)24-18(28)16-12(20)4-3-5-13(16)21/h3-5,10-11H,2,6-9H2,1H3,(H,22,25)(H,23,29)(H,24,28). The molecule has 0 saturated carbocycles. The quantitative estimate of drug-likeness (QED) is 0.667. The number of piperidine rings is 1. The van der Waals surface area contributed by atoms with Crippen molar-refractivity contribution in [3.8, 4) is 0 Å². The van der Waals surface area contributed by atoms with Crippen LogP contribution in [0.4, 0.5) is 5.69 Å². The highest BCUT2D eigenvalue weighted by atomic mass is 35.5. The van der Waals surface area contributed by atoms with Crippen LogP contribution in [-0.4, -0.2) is 52.0 Å². The molecule has 3 N–H and O–H groups in total. The number of benzene rings is 1. The molecule has 0 radical (unpaired) electrons. The molecule has 10 heteroatoms. The molecule has 0 atom stereocenters. The third-order valence-electron chi connectivity index (χ3n) is 4.78. The van der Waals surface area contributed by atoms with E-state index in [0.29, 0.717) is 32.4 Å². The van der Waals surface area contributed by atoms with Gasteiger partial charge in [0.2, 0.25) is 5.91 Å². The fraction of sp³-hybridized carbons (Fsp3) is 0.368. The maximum Gasteiger partial charge on any atom is 0.274 e. The average Bonchev–Trinajstić information content (AvgIpc) is 3.16. The van der Waals surface area contributed by atoms with Crippen LogP contribution in [0.15, 0.2) is 24.4 Å². The molecule has 0 unspecified atom stereocenters. The summed E-state index contributed by atoms with van der Waals surface area (Å²) in [6.07, 6.45) is 3.22. The van der Waals surface area contributed by atoms with Gasteiger partial charge in [0, 0.05) is 31.7 Å². The maximum absolute atomic E-state index is 12.6. The molecule has 0 spiro atoms. The molecule has 1 aromatic heterocycles. The van der Waals surface area contributed by atoms with E-state index >= 15 is 0 Å². The molecule has 2 heterocycles. The number of hydrogen-bond acceptors (Lipinski definition) is 4. The van der Waals surface area contributed by atoms with Gasteiger partial charge in [-0.25, -0.2) is 0 Å². The molecule has 2 aromatic rings. The van der Waals surface area contributed by atoms with Crippen LogP contribution in [0.3, 0.4) is 0 Å². The summed E-state index contributed by atoms with van der Waals surface area (Å²) in [5, 5.41) is 12.5. The van der Waals surface area contributed by atoms with Crippen molar-refractivity contribution in [1.82, 2.24) is 20.4 Å². The van der Waals surface area contributed by atoms with Crippen LogP contribution in [0.2, 0.25) is 10.0 Å². The van der Waals surface area contributed by atoms with E-state index in [-0.39, 0.29) is 38.9 Å². The van der Waals surface area contributed by atoms with E-state index in [9.17, 15) is 14.4 Å². The van der Waals surface area contributed by atoms with Crippen molar-refractivity contribution in [2.45, 2.75) is 32.2 Å². The molecule has 1 aromatic carbocycles. The number of anilines is 1. The van der Waals surface area contributed by atoms with Gasteiger partial charge in [0.25, 0.3) is 11.8 Å². The van der Waals surface area contributed by atoms with E-state index in [4.69, 9.17) is 23.2 Å². The molecular formula is C19H21Cl2N5O3. The van der Waals surface area contributed by atoms with Gasteiger partial charge in [-0.3, -0.25) is 19.5 Å². The highest BCUT2D eigenvalue weighted by Crippen LogP contribution is 2.25. The second-order valence-corrected chi connectivity index (χ2v) is 7.49. The molecule has 0 bridgehead atoms. The number of nitrogens with one attached hydrogen (secondary N) is 3. The Morgan fingerprint density at radius 2 is 1.83 bits per heavy atom. The zero-order chi connectivity index (χ0) is 21.0. The van der Waals surface area contributed by atoms with Gasteiger partial charge in [0.1, 0.15) is 0 Å². The van der Waals surface area contributed by atoms with Gasteiger partial charge in [-0.05, 0) is 25.0 Å². The number of carbonyl (C=O) groups excluding carboxylic acids is 3. The van der Waals surface area contributed by atoms with Gasteiger partial charge < -0.3 is 15.5 Å². The minimum atomic E-state index is -0.539. The summed E-state index contributed by atoms with van der Waals surface area (Å²) in [4.78, 5) is 38.8. The number of nitrogens with zero attached hydrogens (tertiary/aromatic N) is 2. The van der Waals surface area contributed by atoms with E-state index in [1.807, 2.05) is 6.92 Å². The van der Waals surface area contributed by atoms with Gasteiger partial charge in [0.05, 0.1) is 21.3 Å². The number of H-pyrrole nitrogens is 1. The summed E-state index contributed by atoms with van der Waals surface area (Å²) < 4.78 is 0. The number of rotatable bonds is 5. The van der Waals surface area contributed by atoms with Gasteiger partial charge >= 0.3 is 0 Å². The Morgan fingerprint density at radius 1 is 1.17 bits per heavy atom. The lowest BCUT2D eigenvalue weighted by Gasteiger charge is -2.32. The number of likely N-dealkylation sites (tertiary alicyclic amines) is 1. The van der Waals surface area contributed by atoms with Crippen molar-refractivity contribution < 1.29 is 14.4 Å². The molecule has 154 valence electrons. The van der Waals surface area contributed by atoms with E-state index in [2.05, 4.69) is 20.8 Å². The zero-order valence-electron chi connectivity index (χ0n) is 15.8. The Balaban J connectivity index is 1.63. The fourth-order valence-electron chi connectivity index (χ4n) is 3.21. The minimum absolute atomic E-state index is 0.0635. The van der Waals surface area contributed by atoms with Crippen molar-refractivity contribution in [2.75, 3.05) is 18.4 Å². The summed E-state index contributed by atoms with van der Waals surface area (Å²) in [6.45, 7) is 3.04. The maximum atomic E-state index is 12.6. The van der Waals surface area contributed by atoms with Crippen molar-refractivity contribution >= 4 is 46.6 Å². The van der Waals surface area contributed by atoms with Gasteiger partial charge in [0.15, 0.2) is 5.69 Å². The number of halogens is 2. The predicted octanol–water partition coefficient (Wildman–Crippen LogP) is 3.10. The largest absolute Gasteiger partial charge is 0.348 e. The van der Waals surface area contributed by atoms with E-state index in [1.165, 1.54) is 6.20 Å². The van der Waals surface area contributed by atoms with Crippen LogP contribution in [0.5, 0.6) is 0 Å². The van der Waals surface area contributed by atoms with Crippen LogP contribution in [-0.2, 0) is 4.79 Å². The molecule has 8 nitrogen and oxygen atoms in total. The van der Waals surface area contributed by atoms with Crippen LogP contribution in [0, 0.1) is 0 Å². The number of aromatic nitrogens is 2. The van der Waals surface area contributed by atoms with E-state index in [1.54, 1.807) is 23.1 Å². The topological polar surface area (TPSA) is 107 Å². The van der Waals surface area contributed by atoms with Crippen LogP contribution < -0.4 is 10.6 Å². The Labute approximate surface area is 177 Å². The Hall–Kier alpha value is -2.58. The van der Waals surface area contributed by atoms with Crippen LogP contribution in [0.1, 0.15) is 47.0 Å². The van der Waals surface area contributed by atoms with Crippen molar-refractivity contribution in [3.63, 3.8) is 0 Å². The summed E-state index contributed by atoms with van der Waals surface area (Å²) >= 11 is 12.1. The number of amides is 3. The third-order valence-corrected chi connectivity index (χ3v) is 5.41. The van der Waals surface area contributed by atoms with E-state index < -0.39 is 11.8 Å². The molecular weight excluding hydrogens is 417 g/mol. The number of carbonyl (C=O) groups is 3. The molecule has 3 amide bonds. The van der Waals surface area contributed by atoms with Gasteiger partial charge in [-0.1, -0.05) is 36.2 Å². The summed E-state index contributed by atoms with van der Waals surface area (Å²) in [5.74, 6) is -0.834. The first kappa shape index (κ1) is 21.1. The minimum Gasteiger partial charge on any atom is -0.348 e. The highest BCUT2D eigenvalue weighted by Gasteiger charge is 2.26. The molecule has 1 fully saturated rings. The molecule has 1 saturated heterocycles. The predicted molar refractivity (Wildman–Crippen MR) is 110 cm³/mol. The SMILES string of the molecule is CCC(=O)N1CCC(NC(=O)c2n[nH]cc2NC(=O)c2c(Cl)cccc2Cl)CC1. The van der Waals surface area contributed by atoms with Crippen molar-refractivity contribution in [3.05, 3.63) is 45.7 Å². The van der Waals surface area contributed by atoms with Gasteiger partial charge in [-0.15, -0.1) is 0 Å². The van der Waals surface area contributed by atoms with Crippen molar-refractivity contribution in [2.24, 2.45) is 0 Å². The van der Waals surface area contributed by atoms with Crippen LogP contribution in [0.25, 0.3) is 0 Å². The average molecular weight is 438 g/mol. The Bertz CT molecular complexity index is 902. The first-order chi connectivity index (χ1) is 13.9. The van der Waals surface area contributed by atoms with Crippen molar-refractivity contribution in [1.29, 1.82) is 0 Å². The molecule has 1 aliphatic rings. The Kier molecular flexibility index (Phi) is 6.76. The molecule has 3 rings (SSSR count). The summed E-state index contributed by atoms with van der Waals surface area (Å²) in [7, 11) is 0. The van der Waals surface area contributed by atoms with Gasteiger partial charge in [-0.2, -0.15) is 5.10 Å². The second kappa shape index (κ2) is 9.28. The third kappa shape index (κ3) is 4.89. The normalized spacial score (nSPS) is 14.5. The fourth-order valence-corrected chi connectivity index (χ4v) is 3.78.